The van der Waals surface area contributed by atoms with Gasteiger partial charge in [0.05, 0.1) is 30.2 Å². The highest BCUT2D eigenvalue weighted by atomic mass is 16.5. The largest absolute Gasteiger partial charge is 0.496 e. The third kappa shape index (κ3) is 2.30. The molecule has 0 radical (unpaired) electrons. The number of para-hydroxylation sites is 1. The minimum atomic E-state index is 0.146. The second-order valence-corrected chi connectivity index (χ2v) is 7.99. The van der Waals surface area contributed by atoms with Gasteiger partial charge in [-0.25, -0.2) is 4.98 Å². The molecular formula is C24H26N4O. The van der Waals surface area contributed by atoms with Crippen molar-refractivity contribution in [1.29, 1.82) is 0 Å². The highest BCUT2D eigenvalue weighted by molar-refractivity contribution is 6.17. The minimum absolute atomic E-state index is 0.146. The Hall–Kier alpha value is -3.21. The van der Waals surface area contributed by atoms with E-state index >= 15 is 0 Å². The number of hydrogen-bond acceptors (Lipinski definition) is 4. The molecule has 0 fully saturated rings. The van der Waals surface area contributed by atoms with E-state index in [0.29, 0.717) is 0 Å². The van der Waals surface area contributed by atoms with E-state index < -0.39 is 0 Å². The maximum Gasteiger partial charge on any atom is 0.159 e. The van der Waals surface area contributed by atoms with E-state index in [1.54, 1.807) is 7.11 Å². The second-order valence-electron chi connectivity index (χ2n) is 7.99. The number of nitrogens with zero attached hydrogens (tertiary/aromatic N) is 4. The average Bonchev–Trinajstić information content (AvgIpc) is 3.15. The molecule has 148 valence electrons. The van der Waals surface area contributed by atoms with Gasteiger partial charge in [0.2, 0.25) is 0 Å². The van der Waals surface area contributed by atoms with Gasteiger partial charge in [0, 0.05) is 35.9 Å². The Morgan fingerprint density at radius 2 is 1.79 bits per heavy atom. The zero-order valence-electron chi connectivity index (χ0n) is 17.8. The van der Waals surface area contributed by atoms with Gasteiger partial charge in [0.25, 0.3) is 0 Å². The van der Waals surface area contributed by atoms with Crippen molar-refractivity contribution < 1.29 is 4.74 Å². The molecule has 0 saturated carbocycles. The summed E-state index contributed by atoms with van der Waals surface area (Å²) in [7, 11) is 6.01. The lowest BCUT2D eigenvalue weighted by Gasteiger charge is -2.29. The highest BCUT2D eigenvalue weighted by Crippen LogP contribution is 2.49. The van der Waals surface area contributed by atoms with Crippen molar-refractivity contribution in [1.82, 2.24) is 9.55 Å². The van der Waals surface area contributed by atoms with Crippen molar-refractivity contribution in [2.45, 2.75) is 26.9 Å². The zero-order valence-corrected chi connectivity index (χ0v) is 17.8. The Kier molecular flexibility index (Phi) is 3.78. The number of aryl methyl sites for hydroxylation is 2. The average molecular weight is 386 g/mol. The van der Waals surface area contributed by atoms with Gasteiger partial charge in [-0.3, -0.25) is 0 Å². The van der Waals surface area contributed by atoms with Crippen LogP contribution in [-0.4, -0.2) is 29.9 Å². The first-order chi connectivity index (χ1) is 13.9. The van der Waals surface area contributed by atoms with Gasteiger partial charge < -0.3 is 19.1 Å². The van der Waals surface area contributed by atoms with Crippen LogP contribution in [0.25, 0.3) is 21.8 Å². The van der Waals surface area contributed by atoms with E-state index in [1.807, 2.05) is 6.20 Å². The topological polar surface area (TPSA) is 33.5 Å². The Bertz CT molecular complexity index is 1270. The van der Waals surface area contributed by atoms with Crippen molar-refractivity contribution in [2.75, 3.05) is 24.0 Å². The molecule has 0 spiro atoms. The van der Waals surface area contributed by atoms with Crippen LogP contribution in [0.5, 0.6) is 5.75 Å². The Morgan fingerprint density at radius 1 is 1.03 bits per heavy atom. The van der Waals surface area contributed by atoms with Crippen LogP contribution in [0.15, 0.2) is 42.6 Å². The molecule has 3 heterocycles. The summed E-state index contributed by atoms with van der Waals surface area (Å²) in [4.78, 5) is 9.62. The van der Waals surface area contributed by atoms with E-state index in [1.165, 1.54) is 27.5 Å². The van der Waals surface area contributed by atoms with Crippen LogP contribution >= 0.6 is 0 Å². The second kappa shape index (κ2) is 6.14. The number of methoxy groups -OCH3 is 1. The highest BCUT2D eigenvalue weighted by Gasteiger charge is 2.36. The molecule has 0 unspecified atom stereocenters. The molecule has 0 aliphatic carbocycles. The van der Waals surface area contributed by atoms with E-state index in [2.05, 4.69) is 85.6 Å². The lowest BCUT2D eigenvalue weighted by atomic mass is 10.1. The van der Waals surface area contributed by atoms with Crippen LogP contribution < -0.4 is 14.5 Å². The van der Waals surface area contributed by atoms with Crippen molar-refractivity contribution >= 4 is 39.0 Å². The number of pyridine rings is 1. The van der Waals surface area contributed by atoms with Crippen LogP contribution in [0.2, 0.25) is 0 Å². The number of rotatable bonds is 2. The maximum atomic E-state index is 5.64. The standard InChI is InChI=1S/C24H26N4O/c1-14-11-19(15(2)21(12-14)29-6)28-16(3)26(4)23-22-17-9-7-8-10-18(17)27(5)20(22)13-25-24(23)28/h7-13,16H,1-6H3/t16-/m0/s1. The number of fused-ring (bicyclic) bond motifs is 5. The first-order valence-corrected chi connectivity index (χ1v) is 9.97. The lowest BCUT2D eigenvalue weighted by Crippen LogP contribution is -2.36. The molecule has 2 aromatic heterocycles. The van der Waals surface area contributed by atoms with Gasteiger partial charge >= 0.3 is 0 Å². The van der Waals surface area contributed by atoms with Crippen molar-refractivity contribution in [3.05, 3.63) is 53.7 Å². The summed E-state index contributed by atoms with van der Waals surface area (Å²) in [5.41, 5.74) is 7.02. The van der Waals surface area contributed by atoms with Gasteiger partial charge in [-0.2, -0.15) is 0 Å². The number of anilines is 3. The molecule has 0 saturated heterocycles. The van der Waals surface area contributed by atoms with Crippen LogP contribution in [0, 0.1) is 13.8 Å². The van der Waals surface area contributed by atoms with Crippen LogP contribution in [-0.2, 0) is 7.05 Å². The predicted octanol–water partition coefficient (Wildman–Crippen LogP) is 5.29. The third-order valence-corrected chi connectivity index (χ3v) is 6.38. The van der Waals surface area contributed by atoms with E-state index in [-0.39, 0.29) is 6.17 Å². The van der Waals surface area contributed by atoms with Crippen LogP contribution in [0.3, 0.4) is 0 Å². The lowest BCUT2D eigenvalue weighted by molar-refractivity contribution is 0.411. The summed E-state index contributed by atoms with van der Waals surface area (Å²) in [6, 6.07) is 12.9. The SMILES string of the molecule is COc1cc(C)cc(N2c3ncc4c(c3N(C)[C@@H]2C)c2ccccc2n4C)c1C. The molecule has 5 rings (SSSR count). The summed E-state index contributed by atoms with van der Waals surface area (Å²) in [5.74, 6) is 1.91. The van der Waals surface area contributed by atoms with E-state index in [9.17, 15) is 0 Å². The first kappa shape index (κ1) is 17.9. The van der Waals surface area contributed by atoms with E-state index in [4.69, 9.17) is 9.72 Å². The molecule has 1 aliphatic heterocycles. The van der Waals surface area contributed by atoms with Gasteiger partial charge in [0.1, 0.15) is 11.9 Å². The number of aromatic nitrogens is 2. The molecule has 1 aliphatic rings. The minimum Gasteiger partial charge on any atom is -0.496 e. The van der Waals surface area contributed by atoms with Gasteiger partial charge in [-0.1, -0.05) is 18.2 Å². The molecular weight excluding hydrogens is 360 g/mol. The summed E-state index contributed by atoms with van der Waals surface area (Å²) < 4.78 is 7.88. The number of ether oxygens (including phenoxy) is 1. The predicted molar refractivity (Wildman–Crippen MR) is 121 cm³/mol. The molecule has 0 N–H and O–H groups in total. The van der Waals surface area contributed by atoms with Gasteiger partial charge in [-0.15, -0.1) is 0 Å². The molecule has 5 nitrogen and oxygen atoms in total. The van der Waals surface area contributed by atoms with Gasteiger partial charge in [-0.05, 0) is 44.5 Å². The fraction of sp³-hybridized carbons (Fsp3) is 0.292. The first-order valence-electron chi connectivity index (χ1n) is 9.97. The summed E-state index contributed by atoms with van der Waals surface area (Å²) >= 11 is 0. The molecule has 0 bridgehead atoms. The Labute approximate surface area is 171 Å². The molecule has 1 atom stereocenters. The van der Waals surface area contributed by atoms with E-state index in [0.717, 1.165) is 28.3 Å². The van der Waals surface area contributed by atoms with Crippen LogP contribution in [0.4, 0.5) is 17.2 Å². The normalized spacial score (nSPS) is 16.1. The van der Waals surface area contributed by atoms with Crippen molar-refractivity contribution in [2.24, 2.45) is 7.05 Å². The monoisotopic (exact) mass is 386 g/mol. The Morgan fingerprint density at radius 3 is 2.55 bits per heavy atom. The molecule has 5 heteroatoms. The summed E-state index contributed by atoms with van der Waals surface area (Å²) in [6.45, 7) is 6.46. The smallest absolute Gasteiger partial charge is 0.159 e. The molecule has 0 amide bonds. The fourth-order valence-electron chi connectivity index (χ4n) is 4.74. The van der Waals surface area contributed by atoms with Gasteiger partial charge in [0.15, 0.2) is 5.82 Å². The third-order valence-electron chi connectivity index (χ3n) is 6.38. The maximum absolute atomic E-state index is 5.64. The van der Waals surface area contributed by atoms with Crippen LogP contribution in [0.1, 0.15) is 18.1 Å². The number of benzene rings is 2. The quantitative estimate of drug-likeness (QED) is 0.469. The van der Waals surface area contributed by atoms with Crippen molar-refractivity contribution in [3.8, 4) is 5.75 Å². The number of hydrogen-bond donors (Lipinski definition) is 0. The molecule has 4 aromatic rings. The summed E-state index contributed by atoms with van der Waals surface area (Å²) in [6.07, 6.45) is 2.15. The molecule has 29 heavy (non-hydrogen) atoms. The van der Waals surface area contributed by atoms with Crippen molar-refractivity contribution in [3.63, 3.8) is 0 Å². The summed E-state index contributed by atoms with van der Waals surface area (Å²) in [5, 5.41) is 2.53. The fourth-order valence-corrected chi connectivity index (χ4v) is 4.74. The zero-order chi connectivity index (χ0) is 20.4. The Balaban J connectivity index is 1.84. The molecule has 2 aromatic carbocycles.